The number of carbonyl (C=O) groups is 2. The van der Waals surface area contributed by atoms with Crippen LogP contribution in [0.5, 0.6) is 0 Å². The molecule has 0 spiro atoms. The van der Waals surface area contributed by atoms with E-state index in [-0.39, 0.29) is 17.5 Å². The monoisotopic (exact) mass is 433 g/mol. The van der Waals surface area contributed by atoms with Gasteiger partial charge in [0.2, 0.25) is 0 Å². The van der Waals surface area contributed by atoms with Gasteiger partial charge in [0.25, 0.3) is 0 Å². The zero-order chi connectivity index (χ0) is 22.5. The molecule has 3 heterocycles. The second-order valence-corrected chi connectivity index (χ2v) is 7.05. The Morgan fingerprint density at radius 3 is 2.34 bits per heavy atom. The summed E-state index contributed by atoms with van der Waals surface area (Å²) in [6, 6.07) is 11.3. The number of benzene rings is 1. The summed E-state index contributed by atoms with van der Waals surface area (Å²) >= 11 is 0. The molecule has 2 amide bonds. The van der Waals surface area contributed by atoms with Crippen molar-refractivity contribution < 1.29 is 14.0 Å². The first-order valence-electron chi connectivity index (χ1n) is 9.85. The maximum atomic E-state index is 13.3. The predicted molar refractivity (Wildman–Crippen MR) is 116 cm³/mol. The summed E-state index contributed by atoms with van der Waals surface area (Å²) in [5, 5.41) is 13.4. The van der Waals surface area contributed by atoms with Crippen LogP contribution in [0.1, 0.15) is 11.1 Å². The number of pyridine rings is 1. The molecule has 0 bridgehead atoms. The van der Waals surface area contributed by atoms with Gasteiger partial charge in [0.1, 0.15) is 5.82 Å². The minimum Gasteiger partial charge on any atom is -0.301 e. The largest absolute Gasteiger partial charge is 0.315 e. The summed E-state index contributed by atoms with van der Waals surface area (Å²) in [6.45, 7) is 2.37. The van der Waals surface area contributed by atoms with E-state index in [1.807, 2.05) is 12.1 Å². The van der Waals surface area contributed by atoms with Crippen LogP contribution in [0.25, 0.3) is 5.69 Å². The molecule has 2 N–H and O–H groups in total. The topological polar surface area (TPSA) is 107 Å². The van der Waals surface area contributed by atoms with Crippen LogP contribution in [-0.4, -0.2) is 36.4 Å². The molecule has 0 aliphatic carbocycles. The third-order valence-electron chi connectivity index (χ3n) is 4.70. The Labute approximate surface area is 182 Å². The van der Waals surface area contributed by atoms with E-state index in [4.69, 9.17) is 0 Å². The van der Waals surface area contributed by atoms with Crippen LogP contribution in [0.3, 0.4) is 0 Å². The number of nitrogens with zero attached hydrogens (tertiary/aromatic N) is 5. The number of nitrogens with one attached hydrogen (secondary N) is 2. The smallest absolute Gasteiger partial charge is 0.301 e. The Bertz CT molecular complexity index is 1250. The van der Waals surface area contributed by atoms with Gasteiger partial charge in [-0.25, -0.2) is 9.07 Å². The summed E-state index contributed by atoms with van der Waals surface area (Å²) in [6.07, 6.45) is 7.55. The van der Waals surface area contributed by atoms with E-state index in [1.54, 1.807) is 54.6 Å². The minimum absolute atomic E-state index is 0.191. The lowest BCUT2D eigenvalue weighted by Crippen LogP contribution is -2.29. The second kappa shape index (κ2) is 9.21. The number of anilines is 2. The third-order valence-corrected chi connectivity index (χ3v) is 4.70. The van der Waals surface area contributed by atoms with Crippen LogP contribution in [-0.2, 0) is 22.6 Å². The molecule has 4 rings (SSSR count). The van der Waals surface area contributed by atoms with Gasteiger partial charge < -0.3 is 10.6 Å². The van der Waals surface area contributed by atoms with E-state index >= 15 is 0 Å². The molecule has 1 aromatic carbocycles. The fraction of sp³-hybridized carbons (Fsp3) is 0.136. The molecular weight excluding hydrogens is 413 g/mol. The van der Waals surface area contributed by atoms with Crippen molar-refractivity contribution in [2.75, 3.05) is 10.6 Å². The lowest BCUT2D eigenvalue weighted by molar-refractivity contribution is -0.133. The van der Waals surface area contributed by atoms with Gasteiger partial charge in [0.15, 0.2) is 11.6 Å². The second-order valence-electron chi connectivity index (χ2n) is 7.05. The number of aryl methyl sites for hydroxylation is 3. The van der Waals surface area contributed by atoms with Crippen molar-refractivity contribution in [3.8, 4) is 5.69 Å². The van der Waals surface area contributed by atoms with Crippen molar-refractivity contribution in [3.05, 3.63) is 84.2 Å². The highest BCUT2D eigenvalue weighted by Crippen LogP contribution is 2.16. The standard InChI is InChI=1S/C22H20FN7O2/c1-15-14-17(23)2-3-18(15)30-13-8-20(28-30)26-22(32)21(31)25-19-7-12-29(27-19)11-6-16-4-9-24-10-5-16/h2-5,7-10,12-14H,6,11H2,1H3,(H,25,27,31)(H,26,28,32). The highest BCUT2D eigenvalue weighted by atomic mass is 19.1. The number of hydrogen-bond acceptors (Lipinski definition) is 5. The van der Waals surface area contributed by atoms with Crippen molar-refractivity contribution in [1.29, 1.82) is 0 Å². The lowest BCUT2D eigenvalue weighted by atomic mass is 10.2. The zero-order valence-corrected chi connectivity index (χ0v) is 17.2. The Balaban J connectivity index is 1.32. The Kier molecular flexibility index (Phi) is 6.02. The molecule has 0 radical (unpaired) electrons. The molecule has 9 nitrogen and oxygen atoms in total. The first-order valence-corrected chi connectivity index (χ1v) is 9.85. The van der Waals surface area contributed by atoms with Gasteiger partial charge in [-0.15, -0.1) is 0 Å². The minimum atomic E-state index is -0.877. The fourth-order valence-corrected chi connectivity index (χ4v) is 3.09. The van der Waals surface area contributed by atoms with E-state index < -0.39 is 11.8 Å². The van der Waals surface area contributed by atoms with E-state index in [0.717, 1.165) is 12.0 Å². The summed E-state index contributed by atoms with van der Waals surface area (Å²) in [4.78, 5) is 28.4. The van der Waals surface area contributed by atoms with Crippen molar-refractivity contribution in [2.45, 2.75) is 19.9 Å². The molecule has 0 aliphatic heterocycles. The van der Waals surface area contributed by atoms with Crippen molar-refractivity contribution in [3.63, 3.8) is 0 Å². The molecule has 10 heteroatoms. The van der Waals surface area contributed by atoms with E-state index in [0.29, 0.717) is 17.8 Å². The van der Waals surface area contributed by atoms with Gasteiger partial charge in [0.05, 0.1) is 5.69 Å². The molecule has 0 unspecified atom stereocenters. The molecule has 0 fully saturated rings. The van der Waals surface area contributed by atoms with Crippen molar-refractivity contribution in [1.82, 2.24) is 24.5 Å². The molecule has 0 saturated carbocycles. The van der Waals surface area contributed by atoms with Gasteiger partial charge in [-0.3, -0.25) is 19.3 Å². The SMILES string of the molecule is Cc1cc(F)ccc1-n1ccc(NC(=O)C(=O)Nc2ccn(CCc3ccncc3)n2)n1. The van der Waals surface area contributed by atoms with Crippen LogP contribution < -0.4 is 10.6 Å². The maximum absolute atomic E-state index is 13.3. The molecule has 0 aliphatic rings. The summed E-state index contributed by atoms with van der Waals surface area (Å²) in [5.41, 5.74) is 2.47. The summed E-state index contributed by atoms with van der Waals surface area (Å²) in [5.74, 6) is -1.62. The zero-order valence-electron chi connectivity index (χ0n) is 17.2. The molecular formula is C22H20FN7O2. The van der Waals surface area contributed by atoms with Crippen LogP contribution in [0.4, 0.5) is 16.0 Å². The van der Waals surface area contributed by atoms with Gasteiger partial charge in [-0.2, -0.15) is 10.2 Å². The lowest BCUT2D eigenvalue weighted by Gasteiger charge is -2.06. The average molecular weight is 433 g/mol. The third kappa shape index (κ3) is 5.04. The van der Waals surface area contributed by atoms with Gasteiger partial charge in [-0.05, 0) is 54.8 Å². The fourth-order valence-electron chi connectivity index (χ4n) is 3.09. The summed E-state index contributed by atoms with van der Waals surface area (Å²) in [7, 11) is 0. The van der Waals surface area contributed by atoms with Crippen LogP contribution in [0, 0.1) is 12.7 Å². The van der Waals surface area contributed by atoms with Crippen LogP contribution >= 0.6 is 0 Å². The highest BCUT2D eigenvalue weighted by Gasteiger charge is 2.17. The molecule has 0 saturated heterocycles. The first kappa shape index (κ1) is 20.9. The quantitative estimate of drug-likeness (QED) is 0.455. The first-order chi connectivity index (χ1) is 15.5. The number of carbonyl (C=O) groups excluding carboxylic acids is 2. The van der Waals surface area contributed by atoms with Crippen LogP contribution in [0.15, 0.2) is 67.3 Å². The number of hydrogen-bond donors (Lipinski definition) is 2. The molecule has 0 atom stereocenters. The highest BCUT2D eigenvalue weighted by molar-refractivity contribution is 6.43. The molecule has 32 heavy (non-hydrogen) atoms. The normalized spacial score (nSPS) is 10.7. The number of aromatic nitrogens is 5. The van der Waals surface area contributed by atoms with Gasteiger partial charge in [0, 0.05) is 43.5 Å². The number of halogens is 1. The van der Waals surface area contributed by atoms with Crippen molar-refractivity contribution in [2.24, 2.45) is 0 Å². The van der Waals surface area contributed by atoms with Crippen LogP contribution in [0.2, 0.25) is 0 Å². The Morgan fingerprint density at radius 1 is 0.938 bits per heavy atom. The average Bonchev–Trinajstić information content (AvgIpc) is 3.42. The molecule has 4 aromatic rings. The number of amides is 2. The molecule has 162 valence electrons. The predicted octanol–water partition coefficient (Wildman–Crippen LogP) is 2.73. The van der Waals surface area contributed by atoms with Gasteiger partial charge in [-0.1, -0.05) is 0 Å². The Morgan fingerprint density at radius 2 is 1.62 bits per heavy atom. The summed E-state index contributed by atoms with van der Waals surface area (Å²) < 4.78 is 16.5. The van der Waals surface area contributed by atoms with Gasteiger partial charge >= 0.3 is 11.8 Å². The number of rotatable bonds is 6. The van der Waals surface area contributed by atoms with Crippen molar-refractivity contribution >= 4 is 23.5 Å². The van der Waals surface area contributed by atoms with E-state index in [1.165, 1.54) is 16.8 Å². The van der Waals surface area contributed by atoms with E-state index in [9.17, 15) is 14.0 Å². The Hall–Kier alpha value is -4.34. The maximum Gasteiger partial charge on any atom is 0.315 e. The van der Waals surface area contributed by atoms with E-state index in [2.05, 4.69) is 25.8 Å². The molecule has 3 aromatic heterocycles.